The minimum atomic E-state index is -0.614. The van der Waals surface area contributed by atoms with Crippen molar-refractivity contribution in [2.45, 2.75) is 38.5 Å². The van der Waals surface area contributed by atoms with Gasteiger partial charge in [0.1, 0.15) is 12.7 Å². The molecular formula is C15H25NO4. The highest BCUT2D eigenvalue weighted by Gasteiger charge is 2.11. The Kier molecular flexibility index (Phi) is 7.36. The number of aliphatic hydroxyl groups excluding tert-OH is 2. The summed E-state index contributed by atoms with van der Waals surface area (Å²) in [5.41, 5.74) is 0. The predicted molar refractivity (Wildman–Crippen MR) is 78.3 cm³/mol. The second kappa shape index (κ2) is 8.79. The lowest BCUT2D eigenvalue weighted by Crippen LogP contribution is -2.37. The fraction of sp³-hybridized carbons (Fsp3) is 0.600. The Morgan fingerprint density at radius 1 is 1.15 bits per heavy atom. The van der Waals surface area contributed by atoms with Gasteiger partial charge in [0.05, 0.1) is 13.2 Å². The monoisotopic (exact) mass is 283 g/mol. The van der Waals surface area contributed by atoms with Crippen molar-refractivity contribution in [3.63, 3.8) is 0 Å². The van der Waals surface area contributed by atoms with E-state index in [0.717, 1.165) is 0 Å². The summed E-state index contributed by atoms with van der Waals surface area (Å²) in [5, 5.41) is 22.3. The van der Waals surface area contributed by atoms with Crippen molar-refractivity contribution in [2.75, 3.05) is 20.3 Å². The van der Waals surface area contributed by atoms with Crippen molar-refractivity contribution in [2.24, 2.45) is 0 Å². The number of methoxy groups -OCH3 is 1. The van der Waals surface area contributed by atoms with Gasteiger partial charge in [0, 0.05) is 12.6 Å². The van der Waals surface area contributed by atoms with Gasteiger partial charge in [-0.2, -0.15) is 0 Å². The molecule has 3 unspecified atom stereocenters. The normalized spacial score (nSPS) is 15.4. The van der Waals surface area contributed by atoms with E-state index in [0.29, 0.717) is 24.5 Å². The Hall–Kier alpha value is -1.30. The summed E-state index contributed by atoms with van der Waals surface area (Å²) in [6.45, 7) is 4.33. The first-order valence-corrected chi connectivity index (χ1v) is 6.88. The Morgan fingerprint density at radius 3 is 2.40 bits per heavy atom. The molecule has 1 rings (SSSR count). The van der Waals surface area contributed by atoms with Crippen LogP contribution in [-0.4, -0.2) is 48.7 Å². The van der Waals surface area contributed by atoms with Gasteiger partial charge in [-0.15, -0.1) is 0 Å². The average Bonchev–Trinajstić information content (AvgIpc) is 2.42. The predicted octanol–water partition coefficient (Wildman–Crippen LogP) is 1.18. The number of para-hydroxylation sites is 2. The van der Waals surface area contributed by atoms with E-state index in [4.69, 9.17) is 9.47 Å². The quantitative estimate of drug-likeness (QED) is 0.635. The zero-order chi connectivity index (χ0) is 15.0. The molecule has 1 aromatic carbocycles. The van der Waals surface area contributed by atoms with Gasteiger partial charge in [0.25, 0.3) is 0 Å². The molecule has 0 radical (unpaired) electrons. The minimum absolute atomic E-state index is 0.149. The molecule has 0 fully saturated rings. The molecule has 5 heteroatoms. The molecular weight excluding hydrogens is 258 g/mol. The Labute approximate surface area is 120 Å². The summed E-state index contributed by atoms with van der Waals surface area (Å²) in [6.07, 6.45) is -0.309. The third kappa shape index (κ3) is 6.23. The van der Waals surface area contributed by atoms with E-state index in [-0.39, 0.29) is 18.8 Å². The number of ether oxygens (including phenoxy) is 2. The number of hydrogen-bond acceptors (Lipinski definition) is 5. The zero-order valence-corrected chi connectivity index (χ0v) is 12.4. The van der Waals surface area contributed by atoms with E-state index in [1.807, 2.05) is 25.1 Å². The van der Waals surface area contributed by atoms with E-state index in [9.17, 15) is 10.2 Å². The van der Waals surface area contributed by atoms with Gasteiger partial charge in [-0.25, -0.2) is 0 Å². The highest BCUT2D eigenvalue weighted by molar-refractivity contribution is 5.39. The van der Waals surface area contributed by atoms with Crippen LogP contribution >= 0.6 is 0 Å². The third-order valence-electron chi connectivity index (χ3n) is 2.90. The van der Waals surface area contributed by atoms with Crippen LogP contribution in [0.2, 0.25) is 0 Å². The summed E-state index contributed by atoms with van der Waals surface area (Å²) in [7, 11) is 1.58. The van der Waals surface area contributed by atoms with Gasteiger partial charge in [-0.3, -0.25) is 0 Å². The first-order chi connectivity index (χ1) is 9.52. The van der Waals surface area contributed by atoms with Gasteiger partial charge in [0.2, 0.25) is 0 Å². The molecule has 3 N–H and O–H groups in total. The Bertz CT molecular complexity index is 384. The Morgan fingerprint density at radius 2 is 1.80 bits per heavy atom. The molecule has 0 aliphatic heterocycles. The summed E-state index contributed by atoms with van der Waals surface area (Å²) in [6, 6.07) is 7.48. The summed E-state index contributed by atoms with van der Waals surface area (Å²) < 4.78 is 10.7. The van der Waals surface area contributed by atoms with E-state index >= 15 is 0 Å². The molecule has 1 aromatic rings. The second-order valence-corrected chi connectivity index (χ2v) is 5.01. The van der Waals surface area contributed by atoms with Gasteiger partial charge in [0.15, 0.2) is 11.5 Å². The van der Waals surface area contributed by atoms with E-state index in [1.165, 1.54) is 0 Å². The van der Waals surface area contributed by atoms with Crippen LogP contribution in [0.15, 0.2) is 24.3 Å². The largest absolute Gasteiger partial charge is 0.493 e. The molecule has 5 nitrogen and oxygen atoms in total. The van der Waals surface area contributed by atoms with Crippen LogP contribution in [0.1, 0.15) is 20.3 Å². The first kappa shape index (κ1) is 16.8. The molecule has 0 heterocycles. The summed E-state index contributed by atoms with van der Waals surface area (Å²) in [5.74, 6) is 1.27. The van der Waals surface area contributed by atoms with Crippen molar-refractivity contribution in [3.8, 4) is 11.5 Å². The number of benzene rings is 1. The maximum Gasteiger partial charge on any atom is 0.161 e. The number of nitrogens with one attached hydrogen (secondary N) is 1. The molecule has 0 aliphatic carbocycles. The minimum Gasteiger partial charge on any atom is -0.493 e. The molecule has 114 valence electrons. The molecule has 0 spiro atoms. The SMILES string of the molecule is COc1ccccc1OCC(O)CNC(C)CC(C)O. The molecule has 3 atom stereocenters. The molecule has 0 saturated heterocycles. The van der Waals surface area contributed by atoms with E-state index in [1.54, 1.807) is 20.1 Å². The third-order valence-corrected chi connectivity index (χ3v) is 2.90. The molecule has 0 aromatic heterocycles. The standard InChI is InChI=1S/C15H25NO4/c1-11(8-12(2)17)16-9-13(18)10-20-15-7-5-4-6-14(15)19-3/h4-7,11-13,16-18H,8-10H2,1-3H3. The van der Waals surface area contributed by atoms with Crippen LogP contribution < -0.4 is 14.8 Å². The fourth-order valence-corrected chi connectivity index (χ4v) is 1.92. The summed E-state index contributed by atoms with van der Waals surface area (Å²) >= 11 is 0. The lowest BCUT2D eigenvalue weighted by molar-refractivity contribution is 0.0986. The van der Waals surface area contributed by atoms with Crippen LogP contribution in [0.4, 0.5) is 0 Å². The fourth-order valence-electron chi connectivity index (χ4n) is 1.92. The summed E-state index contributed by atoms with van der Waals surface area (Å²) in [4.78, 5) is 0. The molecule has 0 saturated carbocycles. The van der Waals surface area contributed by atoms with Crippen molar-refractivity contribution >= 4 is 0 Å². The second-order valence-electron chi connectivity index (χ2n) is 5.01. The van der Waals surface area contributed by atoms with Gasteiger partial charge < -0.3 is 25.0 Å². The maximum atomic E-state index is 9.87. The van der Waals surface area contributed by atoms with Crippen LogP contribution in [0, 0.1) is 0 Å². The average molecular weight is 283 g/mol. The highest BCUT2D eigenvalue weighted by Crippen LogP contribution is 2.25. The number of aliphatic hydroxyl groups is 2. The van der Waals surface area contributed by atoms with Crippen molar-refractivity contribution in [1.82, 2.24) is 5.32 Å². The van der Waals surface area contributed by atoms with Crippen LogP contribution in [0.25, 0.3) is 0 Å². The molecule has 0 aliphatic rings. The number of hydrogen-bond donors (Lipinski definition) is 3. The highest BCUT2D eigenvalue weighted by atomic mass is 16.5. The molecule has 0 bridgehead atoms. The maximum absolute atomic E-state index is 9.87. The van der Waals surface area contributed by atoms with Crippen LogP contribution in [-0.2, 0) is 0 Å². The molecule has 20 heavy (non-hydrogen) atoms. The topological polar surface area (TPSA) is 71.0 Å². The number of rotatable bonds is 9. The van der Waals surface area contributed by atoms with Crippen molar-refractivity contribution in [1.29, 1.82) is 0 Å². The molecule has 0 amide bonds. The zero-order valence-electron chi connectivity index (χ0n) is 12.4. The van der Waals surface area contributed by atoms with Crippen molar-refractivity contribution in [3.05, 3.63) is 24.3 Å². The van der Waals surface area contributed by atoms with Crippen LogP contribution in [0.3, 0.4) is 0 Å². The van der Waals surface area contributed by atoms with E-state index in [2.05, 4.69) is 5.32 Å². The van der Waals surface area contributed by atoms with Crippen LogP contribution in [0.5, 0.6) is 11.5 Å². The smallest absolute Gasteiger partial charge is 0.161 e. The lowest BCUT2D eigenvalue weighted by Gasteiger charge is -2.19. The first-order valence-electron chi connectivity index (χ1n) is 6.88. The Balaban J connectivity index is 2.31. The van der Waals surface area contributed by atoms with Gasteiger partial charge in [-0.05, 0) is 32.4 Å². The van der Waals surface area contributed by atoms with E-state index < -0.39 is 6.10 Å². The van der Waals surface area contributed by atoms with Gasteiger partial charge >= 0.3 is 0 Å². The van der Waals surface area contributed by atoms with Crippen molar-refractivity contribution < 1.29 is 19.7 Å². The van der Waals surface area contributed by atoms with Gasteiger partial charge in [-0.1, -0.05) is 12.1 Å². The lowest BCUT2D eigenvalue weighted by atomic mass is 10.1.